The van der Waals surface area contributed by atoms with Gasteiger partial charge < -0.3 is 14.3 Å². The summed E-state index contributed by atoms with van der Waals surface area (Å²) in [5.41, 5.74) is 0.852. The Morgan fingerprint density at radius 2 is 1.94 bits per heavy atom. The summed E-state index contributed by atoms with van der Waals surface area (Å²) in [5.74, 6) is -0.403. The van der Waals surface area contributed by atoms with Gasteiger partial charge in [-0.05, 0) is 37.3 Å². The van der Waals surface area contributed by atoms with Crippen LogP contribution in [0.4, 0.5) is 0 Å². The Morgan fingerprint density at radius 1 is 1.31 bits per heavy atom. The molecule has 3 nitrogen and oxygen atoms in total. The first-order valence-electron chi connectivity index (χ1n) is 4.65. The number of hydrogen-bond acceptors (Lipinski definition) is 3. The zero-order valence-electron chi connectivity index (χ0n) is 8.49. The fraction of sp³-hybridized carbons (Fsp3) is 0.0833. The molecule has 0 aliphatic rings. The molecule has 0 aliphatic heterocycles. The number of aromatic carboxylic acids is 1. The monoisotopic (exact) mass is 235 g/mol. The smallest absolute Gasteiger partial charge is 0.134 e. The van der Waals surface area contributed by atoms with Gasteiger partial charge in [0.05, 0.1) is 5.97 Å². The standard InChI is InChI=1S/C12H9ClO3/c1-7-10(12(14)15)6-11(16-7)8-2-4-9(13)5-3-8/h2-6H,1H3,(H,14,15)/p-1. The van der Waals surface area contributed by atoms with Gasteiger partial charge in [-0.25, -0.2) is 0 Å². The number of halogens is 1. The SMILES string of the molecule is Cc1oc(-c2ccc(Cl)cc2)cc1C(=O)[O-]. The molecule has 4 heteroatoms. The first-order chi connectivity index (χ1) is 7.58. The van der Waals surface area contributed by atoms with E-state index in [0.29, 0.717) is 16.5 Å². The van der Waals surface area contributed by atoms with Crippen LogP contribution in [0.5, 0.6) is 0 Å². The molecule has 0 N–H and O–H groups in total. The lowest BCUT2D eigenvalue weighted by Crippen LogP contribution is -2.22. The number of aryl methyl sites for hydroxylation is 1. The van der Waals surface area contributed by atoms with Crippen LogP contribution < -0.4 is 5.11 Å². The highest BCUT2D eigenvalue weighted by atomic mass is 35.5. The zero-order chi connectivity index (χ0) is 11.7. The van der Waals surface area contributed by atoms with E-state index < -0.39 is 5.97 Å². The quantitative estimate of drug-likeness (QED) is 0.802. The van der Waals surface area contributed by atoms with Crippen molar-refractivity contribution in [2.24, 2.45) is 0 Å². The largest absolute Gasteiger partial charge is 0.545 e. The second kappa shape index (κ2) is 4.02. The van der Waals surface area contributed by atoms with Crippen LogP contribution in [0.25, 0.3) is 11.3 Å². The first kappa shape index (κ1) is 10.8. The number of furan rings is 1. The lowest BCUT2D eigenvalue weighted by Gasteiger charge is -1.95. The van der Waals surface area contributed by atoms with E-state index in [4.69, 9.17) is 16.0 Å². The molecule has 0 saturated heterocycles. The molecule has 0 spiro atoms. The number of carboxylic acid groups (broad SMARTS) is 1. The van der Waals surface area contributed by atoms with Crippen molar-refractivity contribution < 1.29 is 14.3 Å². The third kappa shape index (κ3) is 1.95. The second-order valence-corrected chi connectivity index (χ2v) is 3.81. The predicted octanol–water partition coefficient (Wildman–Crippen LogP) is 2.27. The van der Waals surface area contributed by atoms with E-state index in [-0.39, 0.29) is 5.56 Å². The van der Waals surface area contributed by atoms with Crippen LogP contribution in [-0.4, -0.2) is 5.97 Å². The molecule has 0 amide bonds. The summed E-state index contributed by atoms with van der Waals surface area (Å²) < 4.78 is 5.34. The number of carbonyl (C=O) groups excluding carboxylic acids is 1. The average Bonchev–Trinajstić information content (AvgIpc) is 2.61. The van der Waals surface area contributed by atoms with Crippen molar-refractivity contribution in [1.82, 2.24) is 0 Å². The van der Waals surface area contributed by atoms with E-state index >= 15 is 0 Å². The van der Waals surface area contributed by atoms with Crippen LogP contribution in [0.2, 0.25) is 5.02 Å². The Hall–Kier alpha value is -1.74. The minimum absolute atomic E-state index is 0.0740. The summed E-state index contributed by atoms with van der Waals surface area (Å²) >= 11 is 5.75. The van der Waals surface area contributed by atoms with Gasteiger partial charge in [0, 0.05) is 16.1 Å². The molecule has 2 aromatic rings. The lowest BCUT2D eigenvalue weighted by atomic mass is 10.1. The first-order valence-corrected chi connectivity index (χ1v) is 5.03. The second-order valence-electron chi connectivity index (χ2n) is 3.37. The van der Waals surface area contributed by atoms with Gasteiger partial charge >= 0.3 is 0 Å². The van der Waals surface area contributed by atoms with E-state index in [9.17, 15) is 9.90 Å². The van der Waals surface area contributed by atoms with Crippen molar-refractivity contribution in [3.05, 3.63) is 46.7 Å². The average molecular weight is 236 g/mol. The van der Waals surface area contributed by atoms with Crippen molar-refractivity contribution in [3.63, 3.8) is 0 Å². The molecular formula is C12H8ClO3-. The number of carboxylic acids is 1. The molecular weight excluding hydrogens is 228 g/mol. The summed E-state index contributed by atoms with van der Waals surface area (Å²) in [6, 6.07) is 8.41. The Labute approximate surface area is 97.3 Å². The molecule has 0 aliphatic carbocycles. The van der Waals surface area contributed by atoms with Gasteiger partial charge in [0.1, 0.15) is 11.5 Å². The molecule has 1 aromatic carbocycles. The van der Waals surface area contributed by atoms with Crippen molar-refractivity contribution in [2.75, 3.05) is 0 Å². The highest BCUT2D eigenvalue weighted by Crippen LogP contribution is 2.26. The highest BCUT2D eigenvalue weighted by Gasteiger charge is 2.09. The molecule has 0 saturated carbocycles. The fourth-order valence-corrected chi connectivity index (χ4v) is 1.57. The molecule has 0 unspecified atom stereocenters. The maximum absolute atomic E-state index is 10.7. The summed E-state index contributed by atoms with van der Waals surface area (Å²) in [5, 5.41) is 11.3. The van der Waals surface area contributed by atoms with Gasteiger partial charge in [0.15, 0.2) is 0 Å². The maximum Gasteiger partial charge on any atom is 0.134 e. The summed E-state index contributed by atoms with van der Waals surface area (Å²) in [4.78, 5) is 10.7. The third-order valence-electron chi connectivity index (χ3n) is 2.27. The molecule has 2 rings (SSSR count). The Balaban J connectivity index is 2.45. The van der Waals surface area contributed by atoms with Gasteiger partial charge in [-0.2, -0.15) is 0 Å². The van der Waals surface area contributed by atoms with Gasteiger partial charge in [0.2, 0.25) is 0 Å². The molecule has 0 radical (unpaired) electrons. The number of rotatable bonds is 2. The number of benzene rings is 1. The van der Waals surface area contributed by atoms with E-state index in [2.05, 4.69) is 0 Å². The normalized spacial score (nSPS) is 10.4. The Morgan fingerprint density at radius 3 is 2.44 bits per heavy atom. The van der Waals surface area contributed by atoms with Gasteiger partial charge in [0.25, 0.3) is 0 Å². The van der Waals surface area contributed by atoms with Crippen LogP contribution in [0, 0.1) is 6.92 Å². The Kier molecular flexibility index (Phi) is 2.71. The number of carbonyl (C=O) groups is 1. The topological polar surface area (TPSA) is 53.3 Å². The maximum atomic E-state index is 10.7. The molecule has 16 heavy (non-hydrogen) atoms. The molecule has 1 aromatic heterocycles. The molecule has 1 heterocycles. The molecule has 0 bridgehead atoms. The molecule has 0 atom stereocenters. The van der Waals surface area contributed by atoms with Crippen molar-refractivity contribution in [3.8, 4) is 11.3 Å². The predicted molar refractivity (Wildman–Crippen MR) is 58.2 cm³/mol. The van der Waals surface area contributed by atoms with E-state index in [0.717, 1.165) is 5.56 Å². The van der Waals surface area contributed by atoms with Gasteiger partial charge in [-0.3, -0.25) is 0 Å². The molecule has 82 valence electrons. The van der Waals surface area contributed by atoms with Crippen LogP contribution in [0.1, 0.15) is 16.1 Å². The van der Waals surface area contributed by atoms with Crippen LogP contribution in [0.3, 0.4) is 0 Å². The minimum Gasteiger partial charge on any atom is -0.545 e. The van der Waals surface area contributed by atoms with Crippen molar-refractivity contribution >= 4 is 17.6 Å². The van der Waals surface area contributed by atoms with Crippen LogP contribution in [-0.2, 0) is 0 Å². The van der Waals surface area contributed by atoms with E-state index in [1.165, 1.54) is 6.07 Å². The lowest BCUT2D eigenvalue weighted by molar-refractivity contribution is -0.255. The van der Waals surface area contributed by atoms with Crippen molar-refractivity contribution in [1.29, 1.82) is 0 Å². The van der Waals surface area contributed by atoms with E-state index in [1.807, 2.05) is 0 Å². The summed E-state index contributed by atoms with van der Waals surface area (Å²) in [6.07, 6.45) is 0. The van der Waals surface area contributed by atoms with Crippen LogP contribution >= 0.6 is 11.6 Å². The number of hydrogen-bond donors (Lipinski definition) is 0. The van der Waals surface area contributed by atoms with Gasteiger partial charge in [-0.1, -0.05) is 11.6 Å². The summed E-state index contributed by atoms with van der Waals surface area (Å²) in [6.45, 7) is 1.59. The van der Waals surface area contributed by atoms with Crippen molar-refractivity contribution in [2.45, 2.75) is 6.92 Å². The van der Waals surface area contributed by atoms with E-state index in [1.54, 1.807) is 31.2 Å². The van der Waals surface area contributed by atoms with Gasteiger partial charge in [-0.15, -0.1) is 0 Å². The minimum atomic E-state index is -1.23. The Bertz CT molecular complexity index is 526. The fourth-order valence-electron chi connectivity index (χ4n) is 1.44. The third-order valence-corrected chi connectivity index (χ3v) is 2.52. The summed E-state index contributed by atoms with van der Waals surface area (Å²) in [7, 11) is 0. The highest BCUT2D eigenvalue weighted by molar-refractivity contribution is 6.30. The van der Waals surface area contributed by atoms with Crippen LogP contribution in [0.15, 0.2) is 34.7 Å². The molecule has 0 fully saturated rings. The zero-order valence-corrected chi connectivity index (χ0v) is 9.25.